The Hall–Kier alpha value is -1.88. The van der Waals surface area contributed by atoms with Gasteiger partial charge in [-0.05, 0) is 31.7 Å². The molecule has 22 heavy (non-hydrogen) atoms. The number of benzene rings is 1. The third kappa shape index (κ3) is 4.07. The molecule has 2 N–H and O–H groups in total. The van der Waals surface area contributed by atoms with Crippen LogP contribution in [0.5, 0.6) is 0 Å². The molecule has 1 aliphatic carbocycles. The lowest BCUT2D eigenvalue weighted by Crippen LogP contribution is -2.51. The van der Waals surface area contributed by atoms with E-state index >= 15 is 0 Å². The topological polar surface area (TPSA) is 67.4 Å². The summed E-state index contributed by atoms with van der Waals surface area (Å²) in [7, 11) is 0. The third-order valence-electron chi connectivity index (χ3n) is 3.90. The maximum Gasteiger partial charge on any atom is 0.331 e. The molecule has 1 aromatic rings. The fraction of sp³-hybridized carbons (Fsp3) is 0.529. The fourth-order valence-corrected chi connectivity index (χ4v) is 2.36. The number of esters is 1. The second-order valence-electron chi connectivity index (χ2n) is 5.62. The zero-order valence-electron chi connectivity index (χ0n) is 13.2. The molecule has 0 aliphatic heterocycles. The van der Waals surface area contributed by atoms with Crippen molar-refractivity contribution < 1.29 is 14.3 Å². The summed E-state index contributed by atoms with van der Waals surface area (Å²) >= 11 is 0. The van der Waals surface area contributed by atoms with Crippen molar-refractivity contribution in [3.63, 3.8) is 0 Å². The number of carbonyl (C=O) groups is 2. The van der Waals surface area contributed by atoms with Crippen LogP contribution >= 0.6 is 0 Å². The van der Waals surface area contributed by atoms with Crippen LogP contribution in [0.2, 0.25) is 0 Å². The highest BCUT2D eigenvalue weighted by atomic mass is 16.5. The minimum Gasteiger partial charge on any atom is -0.464 e. The van der Waals surface area contributed by atoms with E-state index in [9.17, 15) is 9.59 Å². The van der Waals surface area contributed by atoms with Crippen molar-refractivity contribution in [1.82, 2.24) is 10.6 Å². The van der Waals surface area contributed by atoms with Crippen LogP contribution in [0.3, 0.4) is 0 Å². The van der Waals surface area contributed by atoms with Crippen molar-refractivity contribution in [2.24, 2.45) is 0 Å². The maximum absolute atomic E-state index is 12.4. The van der Waals surface area contributed by atoms with E-state index in [2.05, 4.69) is 10.6 Å². The lowest BCUT2D eigenvalue weighted by atomic mass is 10.1. The molecule has 1 aromatic carbocycles. The third-order valence-corrected chi connectivity index (χ3v) is 3.90. The van der Waals surface area contributed by atoms with Gasteiger partial charge in [-0.25, -0.2) is 4.79 Å². The van der Waals surface area contributed by atoms with E-state index in [0.717, 1.165) is 5.56 Å². The van der Waals surface area contributed by atoms with E-state index in [4.69, 9.17) is 4.74 Å². The van der Waals surface area contributed by atoms with Crippen molar-refractivity contribution in [1.29, 1.82) is 0 Å². The Morgan fingerprint density at radius 3 is 2.45 bits per heavy atom. The van der Waals surface area contributed by atoms with Gasteiger partial charge in [0, 0.05) is 6.54 Å². The van der Waals surface area contributed by atoms with Crippen LogP contribution in [-0.2, 0) is 20.9 Å². The van der Waals surface area contributed by atoms with E-state index in [1.165, 1.54) is 0 Å². The van der Waals surface area contributed by atoms with E-state index in [1.807, 2.05) is 37.3 Å². The van der Waals surface area contributed by atoms with E-state index in [0.29, 0.717) is 32.4 Å². The molecule has 1 atom stereocenters. The predicted molar refractivity (Wildman–Crippen MR) is 84.1 cm³/mol. The molecule has 1 aliphatic rings. The minimum atomic E-state index is -0.783. The van der Waals surface area contributed by atoms with Crippen molar-refractivity contribution >= 4 is 11.9 Å². The summed E-state index contributed by atoms with van der Waals surface area (Å²) in [5.74, 6) is -0.453. The number of carbonyl (C=O) groups excluding carboxylic acids is 2. The number of hydrogen-bond acceptors (Lipinski definition) is 4. The van der Waals surface area contributed by atoms with Gasteiger partial charge in [0.1, 0.15) is 5.54 Å². The molecule has 1 amide bonds. The van der Waals surface area contributed by atoms with Crippen LogP contribution in [0.1, 0.15) is 38.7 Å². The fourth-order valence-electron chi connectivity index (χ4n) is 2.36. The van der Waals surface area contributed by atoms with Crippen LogP contribution in [0.25, 0.3) is 0 Å². The minimum absolute atomic E-state index is 0.135. The van der Waals surface area contributed by atoms with Crippen LogP contribution in [0, 0.1) is 0 Å². The summed E-state index contributed by atoms with van der Waals surface area (Å²) in [6, 6.07) is 9.61. The van der Waals surface area contributed by atoms with Crippen molar-refractivity contribution in [3.05, 3.63) is 35.9 Å². The molecular weight excluding hydrogens is 280 g/mol. The molecule has 2 rings (SSSR count). The van der Waals surface area contributed by atoms with Crippen molar-refractivity contribution in [2.45, 2.75) is 51.2 Å². The smallest absolute Gasteiger partial charge is 0.331 e. The zero-order chi connectivity index (χ0) is 16.0. The van der Waals surface area contributed by atoms with Crippen LogP contribution in [-0.4, -0.2) is 30.1 Å². The van der Waals surface area contributed by atoms with Crippen LogP contribution in [0.4, 0.5) is 0 Å². The van der Waals surface area contributed by atoms with Gasteiger partial charge in [-0.2, -0.15) is 0 Å². The Kier molecular flexibility index (Phi) is 5.55. The lowest BCUT2D eigenvalue weighted by Gasteiger charge is -2.21. The van der Waals surface area contributed by atoms with Gasteiger partial charge in [0.05, 0.1) is 12.6 Å². The summed E-state index contributed by atoms with van der Waals surface area (Å²) in [4.78, 5) is 24.3. The molecule has 0 bridgehead atoms. The summed E-state index contributed by atoms with van der Waals surface area (Å²) in [6.07, 6.45) is 1.98. The number of hydrogen-bond donors (Lipinski definition) is 2. The SMILES string of the molecule is CCOC(=O)C1(NC(=O)C(CC)NCc2ccccc2)CC1. The van der Waals surface area contributed by atoms with Gasteiger partial charge in [-0.3, -0.25) is 4.79 Å². The Labute approximate surface area is 131 Å². The summed E-state index contributed by atoms with van der Waals surface area (Å²) in [5, 5.41) is 6.11. The number of ether oxygens (including phenoxy) is 1. The molecule has 1 saturated carbocycles. The van der Waals surface area contributed by atoms with Gasteiger partial charge in [-0.1, -0.05) is 37.3 Å². The Bertz CT molecular complexity index is 512. The Morgan fingerprint density at radius 2 is 1.91 bits per heavy atom. The Balaban J connectivity index is 1.88. The first-order chi connectivity index (χ1) is 10.6. The monoisotopic (exact) mass is 304 g/mol. The number of rotatable bonds is 8. The van der Waals surface area contributed by atoms with Gasteiger partial charge in [0.2, 0.25) is 5.91 Å². The first kappa shape index (κ1) is 16.5. The summed E-state index contributed by atoms with van der Waals surface area (Å²) < 4.78 is 5.04. The second-order valence-corrected chi connectivity index (χ2v) is 5.62. The first-order valence-corrected chi connectivity index (χ1v) is 7.88. The molecule has 0 aromatic heterocycles. The highest BCUT2D eigenvalue weighted by Gasteiger charge is 2.53. The standard InChI is InChI=1S/C17H24N2O3/c1-3-14(18-12-13-8-6-5-7-9-13)15(20)19-17(10-11-17)16(21)22-4-2/h5-9,14,18H,3-4,10-12H2,1-2H3,(H,19,20). The Morgan fingerprint density at radius 1 is 1.23 bits per heavy atom. The molecule has 0 spiro atoms. The molecule has 5 heteroatoms. The van der Waals surface area contributed by atoms with E-state index < -0.39 is 5.54 Å². The van der Waals surface area contributed by atoms with Crippen molar-refractivity contribution in [3.8, 4) is 0 Å². The quantitative estimate of drug-likeness (QED) is 0.718. The predicted octanol–water partition coefficient (Wildman–Crippen LogP) is 1.77. The molecule has 1 fully saturated rings. The van der Waals surface area contributed by atoms with Gasteiger partial charge < -0.3 is 15.4 Å². The average molecular weight is 304 g/mol. The second kappa shape index (κ2) is 7.40. The zero-order valence-corrected chi connectivity index (χ0v) is 13.2. The van der Waals surface area contributed by atoms with E-state index in [-0.39, 0.29) is 17.9 Å². The molecule has 120 valence electrons. The highest BCUT2D eigenvalue weighted by Crippen LogP contribution is 2.36. The maximum atomic E-state index is 12.4. The molecule has 0 saturated heterocycles. The number of amides is 1. The molecular formula is C17H24N2O3. The van der Waals surface area contributed by atoms with Crippen LogP contribution < -0.4 is 10.6 Å². The largest absolute Gasteiger partial charge is 0.464 e. The number of nitrogens with one attached hydrogen (secondary N) is 2. The molecule has 0 radical (unpaired) electrons. The average Bonchev–Trinajstić information content (AvgIpc) is 3.30. The van der Waals surface area contributed by atoms with Gasteiger partial charge >= 0.3 is 5.97 Å². The van der Waals surface area contributed by atoms with E-state index in [1.54, 1.807) is 6.92 Å². The van der Waals surface area contributed by atoms with Crippen LogP contribution in [0.15, 0.2) is 30.3 Å². The lowest BCUT2D eigenvalue weighted by molar-refractivity contribution is -0.149. The van der Waals surface area contributed by atoms with Gasteiger partial charge in [0.25, 0.3) is 0 Å². The normalized spacial score (nSPS) is 16.6. The van der Waals surface area contributed by atoms with Gasteiger partial charge in [0.15, 0.2) is 0 Å². The highest BCUT2D eigenvalue weighted by molar-refractivity contribution is 5.92. The van der Waals surface area contributed by atoms with Crippen molar-refractivity contribution in [2.75, 3.05) is 6.61 Å². The molecule has 5 nitrogen and oxygen atoms in total. The summed E-state index contributed by atoms with van der Waals surface area (Å²) in [6.45, 7) is 4.68. The van der Waals surface area contributed by atoms with Gasteiger partial charge in [-0.15, -0.1) is 0 Å². The molecule has 0 heterocycles. The first-order valence-electron chi connectivity index (χ1n) is 7.88. The summed E-state index contributed by atoms with van der Waals surface area (Å²) in [5.41, 5.74) is 0.342. The molecule has 1 unspecified atom stereocenters.